The molecule has 1 aliphatic rings. The van der Waals surface area contributed by atoms with Gasteiger partial charge in [-0.15, -0.1) is 0 Å². The van der Waals surface area contributed by atoms with Gasteiger partial charge in [-0.3, -0.25) is 9.69 Å². The molecule has 1 aromatic heterocycles. The topological polar surface area (TPSA) is 49.0 Å². The fourth-order valence-electron chi connectivity index (χ4n) is 3.41. The molecule has 7 heteroatoms. The van der Waals surface area contributed by atoms with Crippen molar-refractivity contribution >= 4 is 0 Å². The van der Waals surface area contributed by atoms with Crippen molar-refractivity contribution in [2.45, 2.75) is 25.7 Å². The van der Waals surface area contributed by atoms with E-state index in [-0.39, 0.29) is 5.56 Å². The van der Waals surface area contributed by atoms with E-state index in [9.17, 15) is 18.0 Å². The van der Waals surface area contributed by atoms with E-state index >= 15 is 0 Å². The number of hydrogen-bond donors (Lipinski definition) is 1. The number of nitrogens with one attached hydrogen (secondary N) is 1. The third kappa shape index (κ3) is 3.84. The maximum Gasteiger partial charge on any atom is 0.416 e. The number of fused-ring (bicyclic) bond motifs is 1. The summed E-state index contributed by atoms with van der Waals surface area (Å²) in [5.74, 6) is 0.300. The van der Waals surface area contributed by atoms with Gasteiger partial charge in [-0.2, -0.15) is 13.2 Å². The molecule has 0 saturated heterocycles. The number of H-pyrrole nitrogens is 1. The first-order valence-electron chi connectivity index (χ1n) is 8.96. The third-order valence-corrected chi connectivity index (χ3v) is 4.88. The molecule has 1 N–H and O–H groups in total. The molecule has 4 nitrogen and oxygen atoms in total. The van der Waals surface area contributed by atoms with Crippen LogP contribution in [0.15, 0.2) is 59.4 Å². The largest absolute Gasteiger partial charge is 0.416 e. The molecular weight excluding hydrogens is 367 g/mol. The first-order valence-corrected chi connectivity index (χ1v) is 8.96. The summed E-state index contributed by atoms with van der Waals surface area (Å²) in [4.78, 5) is 22.0. The second-order valence-corrected chi connectivity index (χ2v) is 6.86. The quantitative estimate of drug-likeness (QED) is 0.741. The lowest BCUT2D eigenvalue weighted by Gasteiger charge is -2.27. The molecule has 0 fully saturated rings. The van der Waals surface area contributed by atoms with Crippen molar-refractivity contribution in [3.8, 4) is 11.4 Å². The van der Waals surface area contributed by atoms with Crippen LogP contribution in [0.1, 0.15) is 22.4 Å². The smallest absolute Gasteiger partial charge is 0.306 e. The zero-order valence-corrected chi connectivity index (χ0v) is 15.0. The second-order valence-electron chi connectivity index (χ2n) is 6.86. The van der Waals surface area contributed by atoms with Gasteiger partial charge in [0.1, 0.15) is 5.82 Å². The highest BCUT2D eigenvalue weighted by atomic mass is 19.4. The summed E-state index contributed by atoms with van der Waals surface area (Å²) in [5, 5.41) is 0. The zero-order valence-electron chi connectivity index (χ0n) is 15.0. The van der Waals surface area contributed by atoms with Gasteiger partial charge in [-0.1, -0.05) is 42.5 Å². The van der Waals surface area contributed by atoms with E-state index in [0.717, 1.165) is 25.2 Å². The highest BCUT2D eigenvalue weighted by molar-refractivity contribution is 5.56. The Bertz CT molecular complexity index is 1030. The van der Waals surface area contributed by atoms with E-state index in [2.05, 4.69) is 14.9 Å². The fraction of sp³-hybridized carbons (Fsp3) is 0.238. The van der Waals surface area contributed by atoms with E-state index in [1.807, 2.05) is 30.3 Å². The Morgan fingerprint density at radius 1 is 1.04 bits per heavy atom. The number of aromatic nitrogens is 2. The Labute approximate surface area is 159 Å². The number of hydrogen-bond acceptors (Lipinski definition) is 3. The minimum Gasteiger partial charge on any atom is -0.306 e. The standard InChI is InChI=1S/C21H18F3N3O/c22-21(23,24)16-8-6-15(7-9-16)19-25-18-10-11-27(13-17(18)20(28)26-19)12-14-4-2-1-3-5-14/h1-9H,10-13H2,(H,25,26,28). The molecule has 0 unspecified atom stereocenters. The van der Waals surface area contributed by atoms with Gasteiger partial charge in [0.25, 0.3) is 5.56 Å². The Kier molecular flexibility index (Phi) is 4.77. The van der Waals surface area contributed by atoms with E-state index in [4.69, 9.17) is 0 Å². The van der Waals surface area contributed by atoms with Gasteiger partial charge in [0.2, 0.25) is 0 Å². The lowest BCUT2D eigenvalue weighted by atomic mass is 10.0. The molecule has 0 bridgehead atoms. The number of nitrogens with zero attached hydrogens (tertiary/aromatic N) is 2. The maximum absolute atomic E-state index is 12.7. The van der Waals surface area contributed by atoms with Crippen molar-refractivity contribution in [2.75, 3.05) is 6.54 Å². The van der Waals surface area contributed by atoms with Crippen LogP contribution in [0.3, 0.4) is 0 Å². The van der Waals surface area contributed by atoms with Gasteiger partial charge in [-0.05, 0) is 17.7 Å². The lowest BCUT2D eigenvalue weighted by Crippen LogP contribution is -2.35. The maximum atomic E-state index is 12.7. The highest BCUT2D eigenvalue weighted by Crippen LogP contribution is 2.30. The second kappa shape index (κ2) is 7.24. The summed E-state index contributed by atoms with van der Waals surface area (Å²) in [7, 11) is 0. The molecule has 4 rings (SSSR count). The molecule has 0 radical (unpaired) electrons. The lowest BCUT2D eigenvalue weighted by molar-refractivity contribution is -0.137. The molecular formula is C21H18F3N3O. The van der Waals surface area contributed by atoms with Crippen molar-refractivity contribution in [3.63, 3.8) is 0 Å². The Hall–Kier alpha value is -2.93. The normalized spacial score (nSPS) is 14.7. The predicted molar refractivity (Wildman–Crippen MR) is 99.6 cm³/mol. The first kappa shape index (κ1) is 18.4. The monoisotopic (exact) mass is 385 g/mol. The molecule has 144 valence electrons. The zero-order chi connectivity index (χ0) is 19.7. The molecule has 1 aliphatic heterocycles. The SMILES string of the molecule is O=c1[nH]c(-c2ccc(C(F)(F)F)cc2)nc2c1CN(Cc1ccccc1)CC2. The molecule has 3 aromatic rings. The van der Waals surface area contributed by atoms with Gasteiger partial charge in [0.05, 0.1) is 16.8 Å². The molecule has 2 aromatic carbocycles. The van der Waals surface area contributed by atoms with E-state index in [1.165, 1.54) is 17.7 Å². The molecule has 0 spiro atoms. The Morgan fingerprint density at radius 2 is 1.75 bits per heavy atom. The number of halogens is 3. The molecule has 0 aliphatic carbocycles. The third-order valence-electron chi connectivity index (χ3n) is 4.88. The van der Waals surface area contributed by atoms with Crippen LogP contribution in [0.2, 0.25) is 0 Å². The molecule has 0 saturated carbocycles. The number of rotatable bonds is 3. The molecule has 0 atom stereocenters. The van der Waals surface area contributed by atoms with E-state index < -0.39 is 11.7 Å². The van der Waals surface area contributed by atoms with Crippen LogP contribution in [-0.4, -0.2) is 21.4 Å². The van der Waals surface area contributed by atoms with Crippen molar-refractivity contribution < 1.29 is 13.2 Å². The first-order chi connectivity index (χ1) is 13.4. The average Bonchev–Trinajstić information content (AvgIpc) is 2.68. The molecule has 2 heterocycles. The van der Waals surface area contributed by atoms with Crippen LogP contribution in [-0.2, 0) is 25.7 Å². The van der Waals surface area contributed by atoms with Gasteiger partial charge in [0.15, 0.2) is 0 Å². The van der Waals surface area contributed by atoms with Crippen LogP contribution >= 0.6 is 0 Å². The summed E-state index contributed by atoms with van der Waals surface area (Å²) >= 11 is 0. The summed E-state index contributed by atoms with van der Waals surface area (Å²) in [6.45, 7) is 2.02. The average molecular weight is 385 g/mol. The Balaban J connectivity index is 1.57. The molecule has 0 amide bonds. The minimum atomic E-state index is -4.39. The van der Waals surface area contributed by atoms with Gasteiger partial charge in [-0.25, -0.2) is 4.98 Å². The van der Waals surface area contributed by atoms with Gasteiger partial charge < -0.3 is 4.98 Å². The van der Waals surface area contributed by atoms with Crippen molar-refractivity contribution in [1.29, 1.82) is 0 Å². The summed E-state index contributed by atoms with van der Waals surface area (Å²) in [6.07, 6.45) is -3.77. The fourth-order valence-corrected chi connectivity index (χ4v) is 3.41. The van der Waals surface area contributed by atoms with Crippen LogP contribution in [0.4, 0.5) is 13.2 Å². The summed E-state index contributed by atoms with van der Waals surface area (Å²) < 4.78 is 38.2. The Morgan fingerprint density at radius 3 is 2.43 bits per heavy atom. The van der Waals surface area contributed by atoms with Crippen molar-refractivity contribution in [2.24, 2.45) is 0 Å². The van der Waals surface area contributed by atoms with Crippen LogP contribution in [0.5, 0.6) is 0 Å². The van der Waals surface area contributed by atoms with Crippen LogP contribution in [0, 0.1) is 0 Å². The number of benzene rings is 2. The van der Waals surface area contributed by atoms with Gasteiger partial charge in [0, 0.05) is 31.6 Å². The number of aromatic amines is 1. The van der Waals surface area contributed by atoms with E-state index in [1.54, 1.807) is 0 Å². The summed E-state index contributed by atoms with van der Waals surface area (Å²) in [5.41, 5.74) is 2.00. The molecule has 28 heavy (non-hydrogen) atoms. The van der Waals surface area contributed by atoms with Crippen molar-refractivity contribution in [3.05, 3.63) is 87.3 Å². The highest BCUT2D eigenvalue weighted by Gasteiger charge is 2.30. The summed E-state index contributed by atoms with van der Waals surface area (Å²) in [6, 6.07) is 14.7. The predicted octanol–water partition coefficient (Wildman–Crippen LogP) is 4.01. The minimum absolute atomic E-state index is 0.238. The van der Waals surface area contributed by atoms with Crippen LogP contribution in [0.25, 0.3) is 11.4 Å². The number of alkyl halides is 3. The van der Waals surface area contributed by atoms with E-state index in [0.29, 0.717) is 35.6 Å². The van der Waals surface area contributed by atoms with Crippen molar-refractivity contribution in [1.82, 2.24) is 14.9 Å². The van der Waals surface area contributed by atoms with Crippen LogP contribution < -0.4 is 5.56 Å². The van der Waals surface area contributed by atoms with Gasteiger partial charge >= 0.3 is 6.18 Å².